The van der Waals surface area contributed by atoms with Crippen LogP contribution >= 0.6 is 0 Å². The number of aromatic nitrogens is 1. The number of ether oxygens (including phenoxy) is 1. The third kappa shape index (κ3) is 1.97. The molecule has 0 aliphatic heterocycles. The van der Waals surface area contributed by atoms with Crippen LogP contribution in [0.15, 0.2) is 54.7 Å². The number of carbonyl (C=O) groups is 1. The van der Waals surface area contributed by atoms with E-state index in [1.807, 2.05) is 48.1 Å². The molecule has 100 valence electrons. The van der Waals surface area contributed by atoms with E-state index in [2.05, 4.69) is 18.2 Å². The summed E-state index contributed by atoms with van der Waals surface area (Å²) in [4.78, 5) is 11.9. The van der Waals surface area contributed by atoms with Crippen LogP contribution < -0.4 is 0 Å². The van der Waals surface area contributed by atoms with Crippen molar-refractivity contribution in [3.8, 4) is 11.1 Å². The van der Waals surface area contributed by atoms with Crippen molar-refractivity contribution in [3.05, 3.63) is 60.3 Å². The zero-order chi connectivity index (χ0) is 14.1. The normalized spacial score (nSPS) is 10.7. The molecule has 3 rings (SSSR count). The van der Waals surface area contributed by atoms with Crippen LogP contribution in [0.3, 0.4) is 0 Å². The lowest BCUT2D eigenvalue weighted by atomic mass is 10.0. The van der Waals surface area contributed by atoms with Gasteiger partial charge in [-0.2, -0.15) is 0 Å². The number of benzene rings is 2. The Labute approximate surface area is 117 Å². The summed E-state index contributed by atoms with van der Waals surface area (Å²) in [6, 6.07) is 16.3. The second-order valence-electron chi connectivity index (χ2n) is 4.74. The Morgan fingerprint density at radius 2 is 1.80 bits per heavy atom. The van der Waals surface area contributed by atoms with Crippen molar-refractivity contribution < 1.29 is 9.53 Å². The fourth-order valence-electron chi connectivity index (χ4n) is 2.47. The third-order valence-electron chi connectivity index (χ3n) is 3.50. The summed E-state index contributed by atoms with van der Waals surface area (Å²) in [7, 11) is 3.33. The minimum absolute atomic E-state index is 0.305. The Balaban J connectivity index is 2.22. The molecule has 0 aliphatic carbocycles. The predicted molar refractivity (Wildman–Crippen MR) is 79.7 cm³/mol. The highest BCUT2D eigenvalue weighted by Crippen LogP contribution is 2.27. The van der Waals surface area contributed by atoms with E-state index in [0.717, 1.165) is 22.0 Å². The Hall–Kier alpha value is -2.55. The lowest BCUT2D eigenvalue weighted by Gasteiger charge is -2.03. The molecule has 3 nitrogen and oxygen atoms in total. The first-order chi connectivity index (χ1) is 9.70. The second kappa shape index (κ2) is 4.85. The molecule has 0 aliphatic rings. The third-order valence-corrected chi connectivity index (χ3v) is 3.50. The standard InChI is InChI=1S/C17H15NO2/c1-18-11-15(17(19)20-2)14-10-13(8-9-16(14)18)12-6-4-3-5-7-12/h3-11H,1-2H3. The molecule has 1 aromatic heterocycles. The van der Waals surface area contributed by atoms with E-state index in [1.54, 1.807) is 0 Å². The number of hydrogen-bond donors (Lipinski definition) is 0. The van der Waals surface area contributed by atoms with Gasteiger partial charge in [-0.3, -0.25) is 0 Å². The quantitative estimate of drug-likeness (QED) is 0.662. The van der Waals surface area contributed by atoms with Gasteiger partial charge in [0, 0.05) is 24.1 Å². The average Bonchev–Trinajstić information content (AvgIpc) is 2.84. The molecule has 0 fully saturated rings. The van der Waals surface area contributed by atoms with E-state index in [9.17, 15) is 4.79 Å². The number of nitrogens with zero attached hydrogens (tertiary/aromatic N) is 1. The van der Waals surface area contributed by atoms with Crippen molar-refractivity contribution in [2.45, 2.75) is 0 Å². The summed E-state index contributed by atoms with van der Waals surface area (Å²) < 4.78 is 6.79. The number of esters is 1. The van der Waals surface area contributed by atoms with Gasteiger partial charge in [0.2, 0.25) is 0 Å². The fraction of sp³-hybridized carbons (Fsp3) is 0.118. The van der Waals surface area contributed by atoms with Crippen LogP contribution in [0.2, 0.25) is 0 Å². The summed E-state index contributed by atoms with van der Waals surface area (Å²) in [5.41, 5.74) is 3.84. The maximum atomic E-state index is 11.9. The molecule has 0 saturated heterocycles. The first kappa shape index (κ1) is 12.5. The van der Waals surface area contributed by atoms with Crippen LogP contribution in [-0.4, -0.2) is 17.6 Å². The molecular formula is C17H15NO2. The Kier molecular flexibility index (Phi) is 3.03. The number of carbonyl (C=O) groups excluding carboxylic acids is 1. The van der Waals surface area contributed by atoms with Crippen molar-refractivity contribution in [1.29, 1.82) is 0 Å². The van der Waals surface area contributed by atoms with Gasteiger partial charge in [-0.05, 0) is 23.3 Å². The first-order valence-electron chi connectivity index (χ1n) is 6.43. The van der Waals surface area contributed by atoms with E-state index in [1.165, 1.54) is 7.11 Å². The van der Waals surface area contributed by atoms with E-state index >= 15 is 0 Å². The maximum absolute atomic E-state index is 11.9. The zero-order valence-corrected chi connectivity index (χ0v) is 11.5. The summed E-state index contributed by atoms with van der Waals surface area (Å²) in [5, 5.41) is 0.917. The van der Waals surface area contributed by atoms with Crippen LogP contribution in [0.4, 0.5) is 0 Å². The lowest BCUT2D eigenvalue weighted by molar-refractivity contribution is 0.0603. The predicted octanol–water partition coefficient (Wildman–Crippen LogP) is 3.63. The largest absolute Gasteiger partial charge is 0.465 e. The highest BCUT2D eigenvalue weighted by atomic mass is 16.5. The Bertz CT molecular complexity index is 772. The van der Waals surface area contributed by atoms with Gasteiger partial charge in [0.15, 0.2) is 0 Å². The fourth-order valence-corrected chi connectivity index (χ4v) is 2.47. The lowest BCUT2D eigenvalue weighted by Crippen LogP contribution is -1.99. The molecule has 3 aromatic rings. The van der Waals surface area contributed by atoms with Crippen LogP contribution in [0, 0.1) is 0 Å². The van der Waals surface area contributed by atoms with Gasteiger partial charge in [0.05, 0.1) is 12.7 Å². The van der Waals surface area contributed by atoms with Crippen molar-refractivity contribution in [2.24, 2.45) is 7.05 Å². The number of hydrogen-bond acceptors (Lipinski definition) is 2. The molecule has 0 bridgehead atoms. The molecule has 3 heteroatoms. The van der Waals surface area contributed by atoms with E-state index in [4.69, 9.17) is 4.74 Å². The molecule has 1 heterocycles. The Morgan fingerprint density at radius 3 is 2.50 bits per heavy atom. The van der Waals surface area contributed by atoms with Gasteiger partial charge in [-0.15, -0.1) is 0 Å². The van der Waals surface area contributed by atoms with Gasteiger partial charge in [0.25, 0.3) is 0 Å². The molecule has 20 heavy (non-hydrogen) atoms. The topological polar surface area (TPSA) is 31.2 Å². The second-order valence-corrected chi connectivity index (χ2v) is 4.74. The summed E-state index contributed by atoms with van der Waals surface area (Å²) in [6.45, 7) is 0. The number of aryl methyl sites for hydroxylation is 1. The van der Waals surface area contributed by atoms with Crippen molar-refractivity contribution in [3.63, 3.8) is 0 Å². The van der Waals surface area contributed by atoms with Crippen LogP contribution in [0.1, 0.15) is 10.4 Å². The minimum Gasteiger partial charge on any atom is -0.465 e. The summed E-state index contributed by atoms with van der Waals surface area (Å²) >= 11 is 0. The van der Waals surface area contributed by atoms with Gasteiger partial charge in [-0.25, -0.2) is 4.79 Å². The van der Waals surface area contributed by atoms with E-state index < -0.39 is 0 Å². The van der Waals surface area contributed by atoms with Gasteiger partial charge in [-0.1, -0.05) is 36.4 Å². The molecule has 0 amide bonds. The van der Waals surface area contributed by atoms with Crippen LogP contribution in [0.25, 0.3) is 22.0 Å². The number of rotatable bonds is 2. The smallest absolute Gasteiger partial charge is 0.340 e. The molecule has 2 aromatic carbocycles. The monoisotopic (exact) mass is 265 g/mol. The number of methoxy groups -OCH3 is 1. The molecule has 0 saturated carbocycles. The SMILES string of the molecule is COC(=O)c1cn(C)c2ccc(-c3ccccc3)cc12. The van der Waals surface area contributed by atoms with E-state index in [0.29, 0.717) is 5.56 Å². The summed E-state index contributed by atoms with van der Waals surface area (Å²) in [6.07, 6.45) is 1.81. The van der Waals surface area contributed by atoms with Crippen LogP contribution in [0.5, 0.6) is 0 Å². The molecule has 0 atom stereocenters. The highest BCUT2D eigenvalue weighted by Gasteiger charge is 2.14. The van der Waals surface area contributed by atoms with Crippen molar-refractivity contribution >= 4 is 16.9 Å². The van der Waals surface area contributed by atoms with Gasteiger partial charge >= 0.3 is 5.97 Å². The summed E-state index contributed by atoms with van der Waals surface area (Å²) in [5.74, 6) is -0.305. The highest BCUT2D eigenvalue weighted by molar-refractivity contribution is 6.05. The van der Waals surface area contributed by atoms with Crippen molar-refractivity contribution in [1.82, 2.24) is 4.57 Å². The first-order valence-corrected chi connectivity index (χ1v) is 6.43. The molecule has 0 spiro atoms. The van der Waals surface area contributed by atoms with Crippen LogP contribution in [-0.2, 0) is 11.8 Å². The average molecular weight is 265 g/mol. The number of fused-ring (bicyclic) bond motifs is 1. The molecule has 0 N–H and O–H groups in total. The minimum atomic E-state index is -0.305. The molecule has 0 unspecified atom stereocenters. The molecular weight excluding hydrogens is 250 g/mol. The van der Waals surface area contributed by atoms with Gasteiger partial charge < -0.3 is 9.30 Å². The van der Waals surface area contributed by atoms with Crippen molar-refractivity contribution in [2.75, 3.05) is 7.11 Å². The van der Waals surface area contributed by atoms with Gasteiger partial charge in [0.1, 0.15) is 0 Å². The maximum Gasteiger partial charge on any atom is 0.340 e. The zero-order valence-electron chi connectivity index (χ0n) is 11.5. The van der Waals surface area contributed by atoms with E-state index in [-0.39, 0.29) is 5.97 Å². The Morgan fingerprint density at radius 1 is 1.05 bits per heavy atom. The molecule has 0 radical (unpaired) electrons.